The molecule has 1 amide bonds. The van der Waals surface area contributed by atoms with Crippen LogP contribution in [0.25, 0.3) is 10.9 Å². The summed E-state index contributed by atoms with van der Waals surface area (Å²) in [6, 6.07) is 10.3. The van der Waals surface area contributed by atoms with Gasteiger partial charge in [-0.25, -0.2) is 4.39 Å². The highest BCUT2D eigenvalue weighted by molar-refractivity contribution is 6.04. The molecule has 1 fully saturated rings. The molecule has 2 heterocycles. The number of fused-ring (bicyclic) bond motifs is 1. The van der Waals surface area contributed by atoms with Crippen LogP contribution < -0.4 is 10.6 Å². The molecule has 1 saturated heterocycles. The summed E-state index contributed by atoms with van der Waals surface area (Å²) < 4.78 is 15.4. The first-order valence-electron chi connectivity index (χ1n) is 11.1. The number of hydrogen-bond acceptors (Lipinski definition) is 4. The van der Waals surface area contributed by atoms with Crippen molar-refractivity contribution in [2.24, 2.45) is 0 Å². The second kappa shape index (κ2) is 9.30. The number of aliphatic hydroxyl groups is 1. The Kier molecular flexibility index (Phi) is 6.48. The van der Waals surface area contributed by atoms with Gasteiger partial charge in [0.15, 0.2) is 0 Å². The molecule has 0 aliphatic carbocycles. The van der Waals surface area contributed by atoms with Crippen LogP contribution in [0, 0.1) is 19.7 Å². The molecular formula is C25H31FN4O2. The molecule has 0 radical (unpaired) electrons. The topological polar surface area (TPSA) is 69.5 Å². The minimum Gasteiger partial charge on any atom is -0.392 e. The van der Waals surface area contributed by atoms with Crippen LogP contribution in [-0.4, -0.2) is 52.8 Å². The highest BCUT2D eigenvalue weighted by Crippen LogP contribution is 2.33. The van der Waals surface area contributed by atoms with Gasteiger partial charge in [0.25, 0.3) is 5.91 Å². The van der Waals surface area contributed by atoms with E-state index in [1.165, 1.54) is 12.1 Å². The first-order chi connectivity index (χ1) is 15.3. The number of aryl methyl sites for hydroxylation is 1. The zero-order valence-corrected chi connectivity index (χ0v) is 18.9. The zero-order valence-electron chi connectivity index (χ0n) is 18.9. The molecule has 4 rings (SSSR count). The molecule has 7 heteroatoms. The molecule has 3 aromatic rings. The SMILES string of the molecule is Cc1c(C)n(CC(C)O)c2c(NCc3ccc(F)cc3)cc(C(=O)N3CCNCC3)cc12. The van der Waals surface area contributed by atoms with Gasteiger partial charge in [0.2, 0.25) is 0 Å². The summed E-state index contributed by atoms with van der Waals surface area (Å²) in [7, 11) is 0. The van der Waals surface area contributed by atoms with Crippen molar-refractivity contribution in [3.63, 3.8) is 0 Å². The van der Waals surface area contributed by atoms with Crippen molar-refractivity contribution in [1.82, 2.24) is 14.8 Å². The minimum absolute atomic E-state index is 0.0264. The third-order valence-corrected chi connectivity index (χ3v) is 6.23. The number of piperazine rings is 1. The lowest BCUT2D eigenvalue weighted by molar-refractivity contribution is 0.0736. The van der Waals surface area contributed by atoms with E-state index in [0.29, 0.717) is 31.7 Å². The number of nitrogens with one attached hydrogen (secondary N) is 2. The molecule has 1 aliphatic rings. The molecule has 1 aromatic heterocycles. The highest BCUT2D eigenvalue weighted by Gasteiger charge is 2.22. The number of benzene rings is 2. The average molecular weight is 439 g/mol. The van der Waals surface area contributed by atoms with Crippen LogP contribution in [0.1, 0.15) is 34.1 Å². The van der Waals surface area contributed by atoms with E-state index in [-0.39, 0.29) is 11.7 Å². The van der Waals surface area contributed by atoms with Crippen LogP contribution in [0.15, 0.2) is 36.4 Å². The van der Waals surface area contributed by atoms with Crippen molar-refractivity contribution in [1.29, 1.82) is 0 Å². The molecule has 1 atom stereocenters. The van der Waals surface area contributed by atoms with E-state index in [9.17, 15) is 14.3 Å². The summed E-state index contributed by atoms with van der Waals surface area (Å²) in [6.45, 7) is 9.81. The van der Waals surface area contributed by atoms with E-state index < -0.39 is 6.10 Å². The van der Waals surface area contributed by atoms with Crippen molar-refractivity contribution >= 4 is 22.5 Å². The normalized spacial score (nSPS) is 15.2. The Hall–Kier alpha value is -2.90. The Morgan fingerprint density at radius 3 is 2.53 bits per heavy atom. The van der Waals surface area contributed by atoms with Crippen LogP contribution in [0.4, 0.5) is 10.1 Å². The largest absolute Gasteiger partial charge is 0.392 e. The van der Waals surface area contributed by atoms with Crippen molar-refractivity contribution in [2.45, 2.75) is 40.0 Å². The number of rotatable bonds is 6. The van der Waals surface area contributed by atoms with Crippen LogP contribution in [0.3, 0.4) is 0 Å². The maximum atomic E-state index is 13.3. The van der Waals surface area contributed by atoms with Crippen LogP contribution >= 0.6 is 0 Å². The molecule has 1 unspecified atom stereocenters. The molecule has 0 saturated carbocycles. The Morgan fingerprint density at radius 1 is 1.19 bits per heavy atom. The van der Waals surface area contributed by atoms with E-state index in [1.54, 1.807) is 19.1 Å². The number of carbonyl (C=O) groups is 1. The molecule has 2 aromatic carbocycles. The van der Waals surface area contributed by atoms with E-state index in [4.69, 9.17) is 0 Å². The average Bonchev–Trinajstić information content (AvgIpc) is 3.03. The molecule has 6 nitrogen and oxygen atoms in total. The number of nitrogens with zero attached hydrogens (tertiary/aromatic N) is 2. The zero-order chi connectivity index (χ0) is 22.8. The molecule has 0 bridgehead atoms. The van der Waals surface area contributed by atoms with E-state index in [0.717, 1.165) is 46.5 Å². The fraction of sp³-hybridized carbons (Fsp3) is 0.400. The van der Waals surface area contributed by atoms with Gasteiger partial charge in [-0.2, -0.15) is 0 Å². The summed E-state index contributed by atoms with van der Waals surface area (Å²) in [4.78, 5) is 15.2. The highest BCUT2D eigenvalue weighted by atomic mass is 19.1. The van der Waals surface area contributed by atoms with Crippen LogP contribution in [0.5, 0.6) is 0 Å². The van der Waals surface area contributed by atoms with Crippen LogP contribution in [-0.2, 0) is 13.1 Å². The van der Waals surface area contributed by atoms with Gasteiger partial charge in [0.05, 0.1) is 17.3 Å². The molecule has 170 valence electrons. The Bertz CT molecular complexity index is 1120. The summed E-state index contributed by atoms with van der Waals surface area (Å²) in [5.74, 6) is -0.240. The Morgan fingerprint density at radius 2 is 1.88 bits per heavy atom. The summed E-state index contributed by atoms with van der Waals surface area (Å²) in [6.07, 6.45) is -0.504. The van der Waals surface area contributed by atoms with Crippen molar-refractivity contribution in [3.05, 3.63) is 64.6 Å². The standard InChI is InChI=1S/C25H31FN4O2/c1-16(31)15-30-18(3)17(2)22-12-20(25(32)29-10-8-27-9-11-29)13-23(24(22)30)28-14-19-4-6-21(26)7-5-19/h4-7,12-13,16,27-28,31H,8-11,14-15H2,1-3H3. The van der Waals surface area contributed by atoms with E-state index in [1.807, 2.05) is 24.0 Å². The molecular weight excluding hydrogens is 407 g/mol. The third kappa shape index (κ3) is 4.49. The first kappa shape index (κ1) is 22.3. The van der Waals surface area contributed by atoms with E-state index in [2.05, 4.69) is 22.1 Å². The molecule has 3 N–H and O–H groups in total. The number of hydrogen-bond donors (Lipinski definition) is 3. The first-order valence-corrected chi connectivity index (χ1v) is 11.1. The lowest BCUT2D eigenvalue weighted by atomic mass is 10.1. The predicted octanol–water partition coefficient (Wildman–Crippen LogP) is 3.44. The van der Waals surface area contributed by atoms with Gasteiger partial charge >= 0.3 is 0 Å². The quantitative estimate of drug-likeness (QED) is 0.552. The molecule has 1 aliphatic heterocycles. The van der Waals surface area contributed by atoms with Gasteiger partial charge < -0.3 is 25.2 Å². The van der Waals surface area contributed by atoms with Gasteiger partial charge in [-0.15, -0.1) is 0 Å². The van der Waals surface area contributed by atoms with Gasteiger partial charge in [-0.1, -0.05) is 12.1 Å². The monoisotopic (exact) mass is 438 g/mol. The van der Waals surface area contributed by atoms with Gasteiger partial charge in [0.1, 0.15) is 5.82 Å². The van der Waals surface area contributed by atoms with E-state index >= 15 is 0 Å². The van der Waals surface area contributed by atoms with Crippen LogP contribution in [0.2, 0.25) is 0 Å². The maximum Gasteiger partial charge on any atom is 0.254 e. The number of carbonyl (C=O) groups excluding carboxylic acids is 1. The third-order valence-electron chi connectivity index (χ3n) is 6.23. The van der Waals surface area contributed by atoms with Gasteiger partial charge in [-0.05, 0) is 56.2 Å². The summed E-state index contributed by atoms with van der Waals surface area (Å²) in [5.41, 5.74) is 5.57. The molecule has 32 heavy (non-hydrogen) atoms. The lowest BCUT2D eigenvalue weighted by Gasteiger charge is -2.27. The van der Waals surface area contributed by atoms with Gasteiger partial charge in [-0.3, -0.25) is 4.79 Å². The molecule has 0 spiro atoms. The number of anilines is 1. The van der Waals surface area contributed by atoms with Gasteiger partial charge in [0, 0.05) is 55.9 Å². The smallest absolute Gasteiger partial charge is 0.254 e. The van der Waals surface area contributed by atoms with Crippen molar-refractivity contribution in [2.75, 3.05) is 31.5 Å². The Balaban J connectivity index is 1.78. The summed E-state index contributed by atoms with van der Waals surface area (Å²) >= 11 is 0. The number of amides is 1. The van der Waals surface area contributed by atoms with Crippen molar-refractivity contribution in [3.8, 4) is 0 Å². The Labute approximate surface area is 188 Å². The predicted molar refractivity (Wildman–Crippen MR) is 126 cm³/mol. The second-order valence-electron chi connectivity index (χ2n) is 8.61. The number of aromatic nitrogens is 1. The summed E-state index contributed by atoms with van der Waals surface area (Å²) in [5, 5.41) is 17.8. The maximum absolute atomic E-state index is 13.3. The lowest BCUT2D eigenvalue weighted by Crippen LogP contribution is -2.46. The fourth-order valence-corrected chi connectivity index (χ4v) is 4.38. The fourth-order valence-electron chi connectivity index (χ4n) is 4.38. The number of aliphatic hydroxyl groups excluding tert-OH is 1. The van der Waals surface area contributed by atoms with Crippen molar-refractivity contribution < 1.29 is 14.3 Å². The number of halogens is 1. The second-order valence-corrected chi connectivity index (χ2v) is 8.61. The minimum atomic E-state index is -0.504.